The molecule has 2 N–H and O–H groups in total. The Morgan fingerprint density at radius 1 is 0.962 bits per heavy atom. The average Bonchev–Trinajstić information content (AvgIpc) is 2.68. The van der Waals surface area contributed by atoms with Crippen molar-refractivity contribution in [1.29, 1.82) is 0 Å². The summed E-state index contributed by atoms with van der Waals surface area (Å²) in [5, 5.41) is 14.2. The number of hydrogen-bond acceptors (Lipinski definition) is 6. The zero-order valence-corrected chi connectivity index (χ0v) is 14.4. The maximum absolute atomic E-state index is 12.9. The Hall–Kier alpha value is -3.22. The molecule has 0 saturated carbocycles. The molecule has 0 atom stereocenters. The highest BCUT2D eigenvalue weighted by molar-refractivity contribution is 5.38. The third-order valence-electron chi connectivity index (χ3n) is 3.80. The molecule has 1 heterocycles. The summed E-state index contributed by atoms with van der Waals surface area (Å²) in [7, 11) is 1.65. The van der Waals surface area contributed by atoms with E-state index in [-0.39, 0.29) is 5.82 Å². The molecule has 26 heavy (non-hydrogen) atoms. The summed E-state index contributed by atoms with van der Waals surface area (Å²) >= 11 is 0. The van der Waals surface area contributed by atoms with Gasteiger partial charge in [0.25, 0.3) is 0 Å². The Balaban J connectivity index is 1.49. The average molecular weight is 353 g/mol. The second kappa shape index (κ2) is 8.75. The van der Waals surface area contributed by atoms with Crippen LogP contribution in [0, 0.1) is 5.82 Å². The van der Waals surface area contributed by atoms with Crippen molar-refractivity contribution in [2.75, 3.05) is 24.3 Å². The number of ether oxygens (including phenoxy) is 1. The molecule has 3 aromatic rings. The fourth-order valence-corrected chi connectivity index (χ4v) is 2.37. The van der Waals surface area contributed by atoms with Crippen molar-refractivity contribution < 1.29 is 9.13 Å². The monoisotopic (exact) mass is 353 g/mol. The zero-order valence-electron chi connectivity index (χ0n) is 14.4. The van der Waals surface area contributed by atoms with Gasteiger partial charge in [0.1, 0.15) is 11.6 Å². The molecule has 7 heteroatoms. The maximum atomic E-state index is 12.9. The van der Waals surface area contributed by atoms with Crippen LogP contribution in [-0.2, 0) is 13.0 Å². The highest BCUT2D eigenvalue weighted by atomic mass is 19.1. The van der Waals surface area contributed by atoms with Gasteiger partial charge in [0.15, 0.2) is 5.82 Å². The number of rotatable bonds is 8. The summed E-state index contributed by atoms with van der Waals surface area (Å²) in [6, 6.07) is 14.2. The van der Waals surface area contributed by atoms with Gasteiger partial charge in [0.2, 0.25) is 5.95 Å². The summed E-state index contributed by atoms with van der Waals surface area (Å²) < 4.78 is 18.1. The third kappa shape index (κ3) is 5.14. The number of benzene rings is 2. The lowest BCUT2D eigenvalue weighted by molar-refractivity contribution is 0.414. The van der Waals surface area contributed by atoms with Crippen LogP contribution < -0.4 is 15.4 Å². The van der Waals surface area contributed by atoms with Crippen molar-refractivity contribution in [3.63, 3.8) is 0 Å². The Labute approximate surface area is 151 Å². The van der Waals surface area contributed by atoms with Crippen molar-refractivity contribution in [2.24, 2.45) is 0 Å². The largest absolute Gasteiger partial charge is 0.497 e. The molecule has 0 aliphatic rings. The van der Waals surface area contributed by atoms with E-state index in [1.54, 1.807) is 25.4 Å². The number of nitrogens with zero attached hydrogens (tertiary/aromatic N) is 3. The molecule has 0 unspecified atom stereocenters. The van der Waals surface area contributed by atoms with E-state index in [0.29, 0.717) is 18.3 Å². The van der Waals surface area contributed by atoms with Crippen molar-refractivity contribution in [1.82, 2.24) is 15.2 Å². The van der Waals surface area contributed by atoms with Crippen molar-refractivity contribution in [2.45, 2.75) is 13.0 Å². The number of halogens is 1. The molecular formula is C19H20FN5O. The number of methoxy groups -OCH3 is 1. The van der Waals surface area contributed by atoms with Crippen LogP contribution in [0.3, 0.4) is 0 Å². The molecule has 0 saturated heterocycles. The van der Waals surface area contributed by atoms with Crippen LogP contribution in [0.25, 0.3) is 0 Å². The predicted molar refractivity (Wildman–Crippen MR) is 98.7 cm³/mol. The Kier molecular flexibility index (Phi) is 5.92. The van der Waals surface area contributed by atoms with Crippen LogP contribution in [0.5, 0.6) is 5.75 Å². The number of anilines is 2. The summed E-state index contributed by atoms with van der Waals surface area (Å²) in [6.45, 7) is 1.22. The van der Waals surface area contributed by atoms with Gasteiger partial charge < -0.3 is 15.4 Å². The second-order valence-electron chi connectivity index (χ2n) is 5.67. The molecule has 1 aromatic heterocycles. The van der Waals surface area contributed by atoms with Crippen LogP contribution in [-0.4, -0.2) is 28.8 Å². The first-order valence-electron chi connectivity index (χ1n) is 8.28. The molecule has 0 bridgehead atoms. The Morgan fingerprint density at radius 2 is 1.69 bits per heavy atom. The molecule has 0 radical (unpaired) electrons. The molecule has 0 aliphatic heterocycles. The second-order valence-corrected chi connectivity index (χ2v) is 5.67. The summed E-state index contributed by atoms with van der Waals surface area (Å²) in [6.07, 6.45) is 2.43. The van der Waals surface area contributed by atoms with E-state index in [4.69, 9.17) is 4.74 Å². The maximum Gasteiger partial charge on any atom is 0.244 e. The van der Waals surface area contributed by atoms with Gasteiger partial charge in [-0.1, -0.05) is 24.3 Å². The molecule has 0 fully saturated rings. The van der Waals surface area contributed by atoms with Gasteiger partial charge in [-0.2, -0.15) is 10.1 Å². The Bertz CT molecular complexity index is 824. The SMILES string of the molecule is COc1ccc(CCNc2cnnc(NCc3ccc(F)cc3)n2)cc1. The van der Waals surface area contributed by atoms with Gasteiger partial charge >= 0.3 is 0 Å². The quantitative estimate of drug-likeness (QED) is 0.647. The first kappa shape index (κ1) is 17.6. The lowest BCUT2D eigenvalue weighted by Crippen LogP contribution is -2.10. The fraction of sp³-hybridized carbons (Fsp3) is 0.211. The summed E-state index contributed by atoms with van der Waals surface area (Å²) in [5.74, 6) is 1.66. The van der Waals surface area contributed by atoms with Gasteiger partial charge in [-0.25, -0.2) is 4.39 Å². The minimum Gasteiger partial charge on any atom is -0.497 e. The Morgan fingerprint density at radius 3 is 2.42 bits per heavy atom. The molecule has 3 rings (SSSR count). The molecule has 0 aliphatic carbocycles. The van der Waals surface area contributed by atoms with Crippen LogP contribution in [0.2, 0.25) is 0 Å². The van der Waals surface area contributed by atoms with Crippen LogP contribution in [0.1, 0.15) is 11.1 Å². The number of hydrogen-bond donors (Lipinski definition) is 2. The molecule has 2 aromatic carbocycles. The summed E-state index contributed by atoms with van der Waals surface area (Å²) in [4.78, 5) is 4.37. The van der Waals surface area contributed by atoms with Gasteiger partial charge in [-0.05, 0) is 41.8 Å². The van der Waals surface area contributed by atoms with Gasteiger partial charge in [0.05, 0.1) is 13.3 Å². The van der Waals surface area contributed by atoms with E-state index in [2.05, 4.69) is 25.8 Å². The van der Waals surface area contributed by atoms with Crippen LogP contribution in [0.15, 0.2) is 54.7 Å². The normalized spacial score (nSPS) is 10.4. The molecular weight excluding hydrogens is 333 g/mol. The van der Waals surface area contributed by atoms with Crippen molar-refractivity contribution in [3.05, 3.63) is 71.7 Å². The molecule has 0 amide bonds. The van der Waals surface area contributed by atoms with Crippen molar-refractivity contribution in [3.8, 4) is 5.75 Å². The van der Waals surface area contributed by atoms with Gasteiger partial charge in [-0.3, -0.25) is 0 Å². The number of nitrogens with one attached hydrogen (secondary N) is 2. The smallest absolute Gasteiger partial charge is 0.244 e. The minimum absolute atomic E-state index is 0.255. The molecule has 6 nitrogen and oxygen atoms in total. The zero-order chi connectivity index (χ0) is 18.2. The standard InChI is InChI=1S/C19H20FN5O/c1-26-17-8-4-14(5-9-17)10-11-21-18-13-23-25-19(24-18)22-12-15-2-6-16(20)7-3-15/h2-9,13H,10-12H2,1H3,(H2,21,22,24,25). The van der Waals surface area contributed by atoms with Gasteiger partial charge in [-0.15, -0.1) is 5.10 Å². The predicted octanol–water partition coefficient (Wildman–Crippen LogP) is 3.29. The first-order valence-corrected chi connectivity index (χ1v) is 8.28. The lowest BCUT2D eigenvalue weighted by Gasteiger charge is -2.08. The topological polar surface area (TPSA) is 72.0 Å². The fourth-order valence-electron chi connectivity index (χ4n) is 2.37. The summed E-state index contributed by atoms with van der Waals surface area (Å²) in [5.41, 5.74) is 2.14. The van der Waals surface area contributed by atoms with Gasteiger partial charge in [0, 0.05) is 13.1 Å². The highest BCUT2D eigenvalue weighted by Crippen LogP contribution is 2.12. The van der Waals surface area contributed by atoms with E-state index in [0.717, 1.165) is 24.3 Å². The number of aromatic nitrogens is 3. The van der Waals surface area contributed by atoms with Crippen LogP contribution >= 0.6 is 0 Å². The van der Waals surface area contributed by atoms with E-state index < -0.39 is 0 Å². The highest BCUT2D eigenvalue weighted by Gasteiger charge is 2.02. The van der Waals surface area contributed by atoms with E-state index in [1.165, 1.54) is 17.7 Å². The first-order chi connectivity index (χ1) is 12.7. The molecule has 134 valence electrons. The minimum atomic E-state index is -0.255. The van der Waals surface area contributed by atoms with E-state index in [1.807, 2.05) is 24.3 Å². The lowest BCUT2D eigenvalue weighted by atomic mass is 10.1. The third-order valence-corrected chi connectivity index (χ3v) is 3.80. The molecule has 0 spiro atoms. The van der Waals surface area contributed by atoms with E-state index in [9.17, 15) is 4.39 Å². The van der Waals surface area contributed by atoms with E-state index >= 15 is 0 Å². The van der Waals surface area contributed by atoms with Crippen molar-refractivity contribution >= 4 is 11.8 Å². The van der Waals surface area contributed by atoms with Crippen LogP contribution in [0.4, 0.5) is 16.2 Å².